The molecule has 0 unspecified atom stereocenters. The summed E-state index contributed by atoms with van der Waals surface area (Å²) < 4.78 is 0. The first-order valence-corrected chi connectivity index (χ1v) is 11.9. The number of carbonyl (C=O) groups excluding carboxylic acids is 2. The first kappa shape index (κ1) is 22.2. The Kier molecular flexibility index (Phi) is 7.19. The summed E-state index contributed by atoms with van der Waals surface area (Å²) >= 11 is 11.9. The van der Waals surface area contributed by atoms with Gasteiger partial charge in [-0.05, 0) is 73.6 Å². The minimum atomic E-state index is -0.142. The van der Waals surface area contributed by atoms with Gasteiger partial charge in [-0.1, -0.05) is 48.2 Å². The van der Waals surface area contributed by atoms with Gasteiger partial charge in [-0.2, -0.15) is 0 Å². The molecule has 1 saturated heterocycles. The summed E-state index contributed by atoms with van der Waals surface area (Å²) in [5.74, 6) is 0.378. The number of carbonyl (C=O) groups is 2. The third kappa shape index (κ3) is 5.42. The number of nitrogens with zero attached hydrogens (tertiary/aromatic N) is 1. The molecule has 2 amide bonds. The number of hydrogen-bond donors (Lipinski definition) is 1. The van der Waals surface area contributed by atoms with E-state index in [1.54, 1.807) is 24.3 Å². The molecule has 1 heterocycles. The van der Waals surface area contributed by atoms with E-state index in [0.717, 1.165) is 56.6 Å². The van der Waals surface area contributed by atoms with Crippen LogP contribution in [0.1, 0.15) is 60.4 Å². The van der Waals surface area contributed by atoms with Crippen molar-refractivity contribution in [1.29, 1.82) is 0 Å². The normalized spacial score (nSPS) is 22.2. The molecule has 1 aliphatic heterocycles. The van der Waals surface area contributed by atoms with Crippen LogP contribution in [0.5, 0.6) is 0 Å². The molecule has 2 atom stereocenters. The Morgan fingerprint density at radius 3 is 2.03 bits per heavy atom. The Morgan fingerprint density at radius 1 is 0.806 bits per heavy atom. The van der Waals surface area contributed by atoms with Crippen LogP contribution in [0.3, 0.4) is 0 Å². The molecule has 0 spiro atoms. The second kappa shape index (κ2) is 10.1. The molecule has 0 bridgehead atoms. The summed E-state index contributed by atoms with van der Waals surface area (Å²) in [7, 11) is 0. The van der Waals surface area contributed by atoms with Crippen molar-refractivity contribution in [2.75, 3.05) is 13.1 Å². The van der Waals surface area contributed by atoms with Crippen LogP contribution >= 0.6 is 23.2 Å². The molecule has 2 fully saturated rings. The molecule has 1 saturated carbocycles. The Balaban J connectivity index is 1.36. The van der Waals surface area contributed by atoms with Crippen LogP contribution in [-0.4, -0.2) is 35.8 Å². The van der Waals surface area contributed by atoms with Gasteiger partial charge in [-0.3, -0.25) is 9.59 Å². The van der Waals surface area contributed by atoms with Gasteiger partial charge in [0, 0.05) is 34.7 Å². The highest BCUT2D eigenvalue weighted by atomic mass is 35.5. The minimum Gasteiger partial charge on any atom is -0.349 e. The van der Waals surface area contributed by atoms with Gasteiger partial charge in [-0.25, -0.2) is 0 Å². The maximum atomic E-state index is 13.4. The van der Waals surface area contributed by atoms with E-state index in [0.29, 0.717) is 16.5 Å². The zero-order valence-electron chi connectivity index (χ0n) is 17.5. The molecule has 0 radical (unpaired) electrons. The van der Waals surface area contributed by atoms with Crippen molar-refractivity contribution < 1.29 is 9.59 Å². The van der Waals surface area contributed by atoms with E-state index >= 15 is 0 Å². The lowest BCUT2D eigenvalue weighted by Crippen LogP contribution is -2.51. The summed E-state index contributed by atoms with van der Waals surface area (Å²) in [5, 5.41) is 4.47. The monoisotopic (exact) mass is 458 g/mol. The van der Waals surface area contributed by atoms with Crippen molar-refractivity contribution in [3.63, 3.8) is 0 Å². The van der Waals surface area contributed by atoms with E-state index in [4.69, 9.17) is 23.2 Å². The molecule has 2 aliphatic rings. The Bertz CT molecular complexity index is 906. The molecule has 2 aromatic carbocycles. The summed E-state index contributed by atoms with van der Waals surface area (Å²) in [4.78, 5) is 28.1. The molecule has 2 aromatic rings. The predicted molar refractivity (Wildman–Crippen MR) is 125 cm³/mol. The fourth-order valence-electron chi connectivity index (χ4n) is 4.85. The van der Waals surface area contributed by atoms with E-state index in [-0.39, 0.29) is 23.8 Å². The largest absolute Gasteiger partial charge is 0.349 e. The summed E-state index contributed by atoms with van der Waals surface area (Å²) in [5.41, 5.74) is 1.87. The van der Waals surface area contributed by atoms with Gasteiger partial charge in [0.2, 0.25) is 5.91 Å². The molecule has 4 nitrogen and oxygen atoms in total. The van der Waals surface area contributed by atoms with Crippen LogP contribution < -0.4 is 5.32 Å². The first-order chi connectivity index (χ1) is 15.0. The van der Waals surface area contributed by atoms with Gasteiger partial charge in [0.15, 0.2) is 0 Å². The van der Waals surface area contributed by atoms with E-state index in [9.17, 15) is 9.59 Å². The second-order valence-corrected chi connectivity index (χ2v) is 9.50. The number of benzene rings is 2. The molecule has 1 N–H and O–H groups in total. The number of nitrogens with one attached hydrogen (secondary N) is 1. The van der Waals surface area contributed by atoms with Crippen molar-refractivity contribution in [3.8, 4) is 0 Å². The number of piperidine rings is 1. The van der Waals surface area contributed by atoms with E-state index in [1.807, 2.05) is 17.0 Å². The number of halogens is 2. The van der Waals surface area contributed by atoms with Gasteiger partial charge in [0.05, 0.1) is 5.92 Å². The summed E-state index contributed by atoms with van der Waals surface area (Å²) in [6.07, 6.45) is 5.67. The molecule has 31 heavy (non-hydrogen) atoms. The van der Waals surface area contributed by atoms with E-state index in [2.05, 4.69) is 17.4 Å². The standard InChI is InChI=1S/C25H28Cl2N2O2/c26-20-9-5-17(6-10-20)18-13-15-29(16-14-18)25(31)22-3-1-2-4-23(22)28-24(30)19-7-11-21(27)12-8-19/h5-12,18,22-23H,1-4,13-16H2,(H,28,30)/t22-,23+/m0/s1. The van der Waals surface area contributed by atoms with Crippen LogP contribution in [0.25, 0.3) is 0 Å². The van der Waals surface area contributed by atoms with Crippen LogP contribution in [0, 0.1) is 5.92 Å². The number of hydrogen-bond acceptors (Lipinski definition) is 2. The fraction of sp³-hybridized carbons (Fsp3) is 0.440. The smallest absolute Gasteiger partial charge is 0.251 e. The SMILES string of the molecule is O=C(N[C@@H]1CCCC[C@@H]1C(=O)N1CCC(c2ccc(Cl)cc2)CC1)c1ccc(Cl)cc1. The first-order valence-electron chi connectivity index (χ1n) is 11.1. The maximum Gasteiger partial charge on any atom is 0.251 e. The zero-order chi connectivity index (χ0) is 21.8. The van der Waals surface area contributed by atoms with Crippen molar-refractivity contribution in [2.45, 2.75) is 50.5 Å². The average Bonchev–Trinajstić information content (AvgIpc) is 2.80. The molecule has 0 aromatic heterocycles. The molecular weight excluding hydrogens is 431 g/mol. The van der Waals surface area contributed by atoms with Gasteiger partial charge >= 0.3 is 0 Å². The number of likely N-dealkylation sites (tertiary alicyclic amines) is 1. The second-order valence-electron chi connectivity index (χ2n) is 8.63. The summed E-state index contributed by atoms with van der Waals surface area (Å²) in [6, 6.07) is 14.8. The minimum absolute atomic E-state index is 0.113. The fourth-order valence-corrected chi connectivity index (χ4v) is 5.11. The molecule has 6 heteroatoms. The van der Waals surface area contributed by atoms with Crippen molar-refractivity contribution >= 4 is 35.0 Å². The number of amides is 2. The highest BCUT2D eigenvalue weighted by molar-refractivity contribution is 6.30. The van der Waals surface area contributed by atoms with E-state index in [1.165, 1.54) is 5.56 Å². The van der Waals surface area contributed by atoms with Gasteiger partial charge < -0.3 is 10.2 Å². The van der Waals surface area contributed by atoms with Crippen LogP contribution in [-0.2, 0) is 4.79 Å². The number of rotatable bonds is 4. The molecule has 4 rings (SSSR count). The molecule has 1 aliphatic carbocycles. The lowest BCUT2D eigenvalue weighted by molar-refractivity contribution is -0.138. The lowest BCUT2D eigenvalue weighted by atomic mass is 9.82. The Morgan fingerprint density at radius 2 is 1.39 bits per heavy atom. The Labute approximate surface area is 193 Å². The van der Waals surface area contributed by atoms with Crippen molar-refractivity contribution in [2.24, 2.45) is 5.92 Å². The predicted octanol–water partition coefficient (Wildman–Crippen LogP) is 5.69. The summed E-state index contributed by atoms with van der Waals surface area (Å²) in [6.45, 7) is 1.53. The highest BCUT2D eigenvalue weighted by Gasteiger charge is 2.36. The van der Waals surface area contributed by atoms with E-state index < -0.39 is 0 Å². The van der Waals surface area contributed by atoms with Crippen LogP contribution in [0.4, 0.5) is 0 Å². The average molecular weight is 459 g/mol. The van der Waals surface area contributed by atoms with Gasteiger partial charge in [0.1, 0.15) is 0 Å². The maximum absolute atomic E-state index is 13.4. The third-order valence-corrected chi connectivity index (χ3v) is 7.16. The van der Waals surface area contributed by atoms with Crippen LogP contribution in [0.15, 0.2) is 48.5 Å². The van der Waals surface area contributed by atoms with Gasteiger partial charge in [0.25, 0.3) is 5.91 Å². The molecule has 164 valence electrons. The lowest BCUT2D eigenvalue weighted by Gasteiger charge is -2.38. The van der Waals surface area contributed by atoms with Crippen molar-refractivity contribution in [1.82, 2.24) is 10.2 Å². The van der Waals surface area contributed by atoms with Gasteiger partial charge in [-0.15, -0.1) is 0 Å². The third-order valence-electron chi connectivity index (χ3n) is 6.65. The molecular formula is C25H28Cl2N2O2. The highest BCUT2D eigenvalue weighted by Crippen LogP contribution is 2.32. The topological polar surface area (TPSA) is 49.4 Å². The van der Waals surface area contributed by atoms with Crippen LogP contribution in [0.2, 0.25) is 10.0 Å². The zero-order valence-corrected chi connectivity index (χ0v) is 19.0. The van der Waals surface area contributed by atoms with Crippen molar-refractivity contribution in [3.05, 3.63) is 69.7 Å². The quantitative estimate of drug-likeness (QED) is 0.639. The Hall–Kier alpha value is -2.04.